The summed E-state index contributed by atoms with van der Waals surface area (Å²) in [7, 11) is 0. The molecule has 1 unspecified atom stereocenters. The Morgan fingerprint density at radius 3 is 2.75 bits per heavy atom. The number of carbonyl (C=O) groups excluding carboxylic acids is 1. The summed E-state index contributed by atoms with van der Waals surface area (Å²) in [5.74, 6) is 0.0268. The molecule has 0 radical (unpaired) electrons. The third-order valence-corrected chi connectivity index (χ3v) is 4.53. The van der Waals surface area contributed by atoms with Crippen molar-refractivity contribution in [3.8, 4) is 0 Å². The first-order valence-electron chi connectivity index (χ1n) is 7.38. The van der Waals surface area contributed by atoms with Crippen molar-refractivity contribution in [2.45, 2.75) is 57.2 Å². The molecular formula is C16H21Cl2NO. The molecular weight excluding hydrogens is 293 g/mol. The van der Waals surface area contributed by atoms with Gasteiger partial charge in [-0.2, -0.15) is 0 Å². The molecule has 0 spiro atoms. The molecule has 110 valence electrons. The summed E-state index contributed by atoms with van der Waals surface area (Å²) in [6.07, 6.45) is 7.53. The predicted octanol–water partition coefficient (Wildman–Crippen LogP) is 5.48. The molecule has 1 atom stereocenters. The largest absolute Gasteiger partial charge is 0.325 e. The smallest absolute Gasteiger partial charge is 0.228 e. The second kappa shape index (κ2) is 7.33. The number of rotatable bonds is 7. The Labute approximate surface area is 130 Å². The van der Waals surface area contributed by atoms with Gasteiger partial charge in [-0.1, -0.05) is 56.7 Å². The molecule has 0 saturated carbocycles. The van der Waals surface area contributed by atoms with E-state index >= 15 is 0 Å². The molecule has 1 aliphatic rings. The average Bonchev–Trinajstić information content (AvgIpc) is 2.76. The summed E-state index contributed by atoms with van der Waals surface area (Å²) in [5, 5.41) is 3.39. The minimum Gasteiger partial charge on any atom is -0.325 e. The van der Waals surface area contributed by atoms with E-state index < -0.39 is 0 Å². The van der Waals surface area contributed by atoms with Crippen LogP contribution in [-0.4, -0.2) is 5.91 Å². The molecule has 20 heavy (non-hydrogen) atoms. The zero-order valence-electron chi connectivity index (χ0n) is 11.8. The summed E-state index contributed by atoms with van der Waals surface area (Å²) in [4.78, 5) is 11.4. The van der Waals surface area contributed by atoms with Gasteiger partial charge in [0.2, 0.25) is 5.91 Å². The fraction of sp³-hybridized carbons (Fsp3) is 0.562. The molecule has 1 amide bonds. The Hall–Kier alpha value is -0.730. The van der Waals surface area contributed by atoms with Crippen LogP contribution < -0.4 is 5.32 Å². The summed E-state index contributed by atoms with van der Waals surface area (Å²) in [6, 6.07) is 3.81. The molecule has 0 saturated heterocycles. The number of benzene rings is 1. The number of unbranched alkanes of at least 4 members (excludes halogenated alkanes) is 4. The van der Waals surface area contributed by atoms with Crippen LogP contribution in [0.25, 0.3) is 0 Å². The third-order valence-electron chi connectivity index (χ3n) is 3.75. The molecule has 4 heteroatoms. The maximum absolute atomic E-state index is 11.4. The summed E-state index contributed by atoms with van der Waals surface area (Å²) < 4.78 is 0. The van der Waals surface area contributed by atoms with Gasteiger partial charge in [-0.15, -0.1) is 11.6 Å². The van der Waals surface area contributed by atoms with Gasteiger partial charge in [0.05, 0.1) is 11.8 Å². The average molecular weight is 314 g/mol. The molecule has 0 aromatic heterocycles. The Balaban J connectivity index is 1.95. The first kappa shape index (κ1) is 15.7. The quantitative estimate of drug-likeness (QED) is 0.524. The molecule has 0 bridgehead atoms. The normalized spacial score (nSPS) is 15.1. The standard InChI is InChI=1S/C16H21Cl2NO/c1-2-3-4-5-6-7-13(17)12-8-11-9-16(20)19-15(11)10-14(12)18/h8,10,13H,2-7,9H2,1H3,(H,19,20). The number of hydrogen-bond donors (Lipinski definition) is 1. The molecule has 1 aliphatic heterocycles. The first-order chi connectivity index (χ1) is 9.61. The summed E-state index contributed by atoms with van der Waals surface area (Å²) in [6.45, 7) is 2.21. The van der Waals surface area contributed by atoms with E-state index in [0.29, 0.717) is 11.4 Å². The summed E-state index contributed by atoms with van der Waals surface area (Å²) in [5.41, 5.74) is 2.79. The highest BCUT2D eigenvalue weighted by atomic mass is 35.5. The highest BCUT2D eigenvalue weighted by Gasteiger charge is 2.21. The van der Waals surface area contributed by atoms with Gasteiger partial charge in [0.25, 0.3) is 0 Å². The van der Waals surface area contributed by atoms with Crippen LogP contribution in [0.15, 0.2) is 12.1 Å². The lowest BCUT2D eigenvalue weighted by Gasteiger charge is -2.13. The number of nitrogens with one attached hydrogen (secondary N) is 1. The molecule has 2 nitrogen and oxygen atoms in total. The molecule has 1 aromatic rings. The molecule has 0 aliphatic carbocycles. The molecule has 1 N–H and O–H groups in total. The van der Waals surface area contributed by atoms with Gasteiger partial charge in [0, 0.05) is 10.7 Å². The van der Waals surface area contributed by atoms with Crippen molar-refractivity contribution in [2.24, 2.45) is 0 Å². The van der Waals surface area contributed by atoms with E-state index in [1.54, 1.807) is 0 Å². The van der Waals surface area contributed by atoms with Crippen LogP contribution in [0.2, 0.25) is 5.02 Å². The molecule has 1 heterocycles. The van der Waals surface area contributed by atoms with E-state index in [-0.39, 0.29) is 11.3 Å². The number of fused-ring (bicyclic) bond motifs is 1. The highest BCUT2D eigenvalue weighted by molar-refractivity contribution is 6.33. The number of halogens is 2. The van der Waals surface area contributed by atoms with E-state index in [1.807, 2.05) is 12.1 Å². The van der Waals surface area contributed by atoms with Crippen LogP contribution in [0.5, 0.6) is 0 Å². The monoisotopic (exact) mass is 313 g/mol. The van der Waals surface area contributed by atoms with Crippen LogP contribution >= 0.6 is 23.2 Å². The van der Waals surface area contributed by atoms with Gasteiger partial charge in [0.1, 0.15) is 0 Å². The van der Waals surface area contributed by atoms with Gasteiger partial charge in [-0.3, -0.25) is 4.79 Å². The van der Waals surface area contributed by atoms with E-state index in [9.17, 15) is 4.79 Å². The van der Waals surface area contributed by atoms with Gasteiger partial charge in [0.15, 0.2) is 0 Å². The SMILES string of the molecule is CCCCCCCC(Cl)c1cc2c(cc1Cl)NC(=O)C2. The van der Waals surface area contributed by atoms with Crippen LogP contribution in [0.4, 0.5) is 5.69 Å². The molecule has 1 aromatic carbocycles. The minimum atomic E-state index is -0.0647. The van der Waals surface area contributed by atoms with Crippen molar-refractivity contribution in [2.75, 3.05) is 5.32 Å². The fourth-order valence-corrected chi connectivity index (χ4v) is 3.28. The second-order valence-electron chi connectivity index (χ2n) is 5.43. The van der Waals surface area contributed by atoms with Gasteiger partial charge in [-0.05, 0) is 23.6 Å². The highest BCUT2D eigenvalue weighted by Crippen LogP contribution is 2.37. The second-order valence-corrected chi connectivity index (χ2v) is 6.36. The lowest BCUT2D eigenvalue weighted by Crippen LogP contribution is -2.03. The van der Waals surface area contributed by atoms with Crippen LogP contribution in [0, 0.1) is 0 Å². The van der Waals surface area contributed by atoms with Crippen molar-refractivity contribution >= 4 is 34.8 Å². The van der Waals surface area contributed by atoms with E-state index in [1.165, 1.54) is 25.7 Å². The zero-order valence-corrected chi connectivity index (χ0v) is 13.4. The predicted molar refractivity (Wildman–Crippen MR) is 85.8 cm³/mol. The number of hydrogen-bond acceptors (Lipinski definition) is 1. The lowest BCUT2D eigenvalue weighted by molar-refractivity contribution is -0.115. The number of carbonyl (C=O) groups is 1. The van der Waals surface area contributed by atoms with Crippen molar-refractivity contribution in [3.05, 3.63) is 28.3 Å². The maximum Gasteiger partial charge on any atom is 0.228 e. The maximum atomic E-state index is 11.4. The molecule has 0 fully saturated rings. The van der Waals surface area contributed by atoms with Gasteiger partial charge < -0.3 is 5.32 Å². The van der Waals surface area contributed by atoms with Crippen molar-refractivity contribution in [1.82, 2.24) is 0 Å². The van der Waals surface area contributed by atoms with Crippen LogP contribution in [-0.2, 0) is 11.2 Å². The van der Waals surface area contributed by atoms with Gasteiger partial charge in [-0.25, -0.2) is 0 Å². The van der Waals surface area contributed by atoms with E-state index in [0.717, 1.165) is 29.7 Å². The minimum absolute atomic E-state index is 0.0268. The Kier molecular flexibility index (Phi) is 5.74. The Bertz CT molecular complexity index is 488. The fourth-order valence-electron chi connectivity index (χ4n) is 2.59. The van der Waals surface area contributed by atoms with E-state index in [4.69, 9.17) is 23.2 Å². The zero-order chi connectivity index (χ0) is 14.5. The number of alkyl halides is 1. The number of amides is 1. The lowest BCUT2D eigenvalue weighted by atomic mass is 10.0. The third kappa shape index (κ3) is 3.89. The van der Waals surface area contributed by atoms with Gasteiger partial charge >= 0.3 is 0 Å². The Morgan fingerprint density at radius 2 is 2.00 bits per heavy atom. The van der Waals surface area contributed by atoms with Crippen molar-refractivity contribution in [3.63, 3.8) is 0 Å². The van der Waals surface area contributed by atoms with Crippen LogP contribution in [0.3, 0.4) is 0 Å². The van der Waals surface area contributed by atoms with Crippen molar-refractivity contribution < 1.29 is 4.79 Å². The number of anilines is 1. The van der Waals surface area contributed by atoms with E-state index in [2.05, 4.69) is 12.2 Å². The first-order valence-corrected chi connectivity index (χ1v) is 8.19. The van der Waals surface area contributed by atoms with Crippen molar-refractivity contribution in [1.29, 1.82) is 0 Å². The topological polar surface area (TPSA) is 29.1 Å². The molecule has 2 rings (SSSR count). The van der Waals surface area contributed by atoms with Crippen LogP contribution in [0.1, 0.15) is 62.0 Å². The summed E-state index contributed by atoms with van der Waals surface area (Å²) >= 11 is 12.7. The Morgan fingerprint density at radius 1 is 1.25 bits per heavy atom.